The summed E-state index contributed by atoms with van der Waals surface area (Å²) in [7, 11) is 0.991. The predicted molar refractivity (Wildman–Crippen MR) is 104 cm³/mol. The molecule has 0 saturated heterocycles. The number of hydrogen-bond donors (Lipinski definition) is 1. The maximum absolute atomic E-state index is 14.5. The molecular formula is C20H14ClF4N3O2. The van der Waals surface area contributed by atoms with Crippen molar-refractivity contribution in [1.29, 1.82) is 0 Å². The highest BCUT2D eigenvalue weighted by Crippen LogP contribution is 2.29. The Morgan fingerprint density at radius 3 is 2.50 bits per heavy atom. The van der Waals surface area contributed by atoms with Crippen molar-refractivity contribution in [2.75, 3.05) is 5.32 Å². The second-order valence-corrected chi connectivity index (χ2v) is 6.91. The van der Waals surface area contributed by atoms with Crippen LogP contribution in [0.5, 0.6) is 0 Å². The Kier molecular flexibility index (Phi) is 5.67. The van der Waals surface area contributed by atoms with Crippen LogP contribution in [0.25, 0.3) is 11.3 Å². The molecular weight excluding hydrogens is 426 g/mol. The number of amides is 1. The first-order valence-electron chi connectivity index (χ1n) is 8.50. The predicted octanol–water partition coefficient (Wildman–Crippen LogP) is 4.82. The van der Waals surface area contributed by atoms with Crippen molar-refractivity contribution >= 4 is 23.2 Å². The third-order valence-electron chi connectivity index (χ3n) is 4.29. The summed E-state index contributed by atoms with van der Waals surface area (Å²) in [4.78, 5) is 24.9. The first-order valence-corrected chi connectivity index (χ1v) is 8.88. The average molecular weight is 440 g/mol. The monoisotopic (exact) mass is 439 g/mol. The van der Waals surface area contributed by atoms with E-state index >= 15 is 0 Å². The smallest absolute Gasteiger partial charge is 0.322 e. The lowest BCUT2D eigenvalue weighted by atomic mass is 10.0. The number of hydrogen-bond acceptors (Lipinski definition) is 3. The highest BCUT2D eigenvalue weighted by Gasteiger charge is 2.34. The molecule has 0 aliphatic rings. The second-order valence-electron chi connectivity index (χ2n) is 6.48. The fraction of sp³-hybridized carbons (Fsp3) is 0.150. The first kappa shape index (κ1) is 21.5. The SMILES string of the molecule is Cc1cc(F)c(-c2nn(C)c(C(F)(F)F)cc2=O)cc1C(=O)Nc1cccc(Cl)c1. The van der Waals surface area contributed by atoms with Crippen LogP contribution in [0.4, 0.5) is 23.2 Å². The fourth-order valence-electron chi connectivity index (χ4n) is 2.85. The van der Waals surface area contributed by atoms with Gasteiger partial charge in [-0.05, 0) is 42.8 Å². The van der Waals surface area contributed by atoms with Gasteiger partial charge in [-0.2, -0.15) is 18.3 Å². The van der Waals surface area contributed by atoms with Crippen LogP contribution in [0.3, 0.4) is 0 Å². The van der Waals surface area contributed by atoms with Crippen LogP contribution in [0, 0.1) is 12.7 Å². The molecule has 0 atom stereocenters. The molecule has 0 saturated carbocycles. The topological polar surface area (TPSA) is 64.0 Å². The lowest BCUT2D eigenvalue weighted by molar-refractivity contribution is -0.144. The lowest BCUT2D eigenvalue weighted by Crippen LogP contribution is -2.23. The minimum Gasteiger partial charge on any atom is -0.322 e. The van der Waals surface area contributed by atoms with E-state index in [1.54, 1.807) is 18.2 Å². The maximum atomic E-state index is 14.5. The molecule has 5 nitrogen and oxygen atoms in total. The van der Waals surface area contributed by atoms with Crippen molar-refractivity contribution in [2.24, 2.45) is 7.05 Å². The molecule has 0 unspecified atom stereocenters. The average Bonchev–Trinajstić information content (AvgIpc) is 2.62. The van der Waals surface area contributed by atoms with Gasteiger partial charge in [0.2, 0.25) is 5.43 Å². The highest BCUT2D eigenvalue weighted by atomic mass is 35.5. The summed E-state index contributed by atoms with van der Waals surface area (Å²) in [5.41, 5.74) is -2.64. The van der Waals surface area contributed by atoms with E-state index in [1.165, 1.54) is 13.0 Å². The van der Waals surface area contributed by atoms with Gasteiger partial charge in [-0.3, -0.25) is 14.3 Å². The number of alkyl halides is 3. The molecule has 1 heterocycles. The molecule has 0 spiro atoms. The van der Waals surface area contributed by atoms with Gasteiger partial charge in [0.05, 0.1) is 0 Å². The van der Waals surface area contributed by atoms with E-state index in [4.69, 9.17) is 11.6 Å². The van der Waals surface area contributed by atoms with E-state index in [0.717, 1.165) is 19.2 Å². The van der Waals surface area contributed by atoms with Gasteiger partial charge in [0, 0.05) is 35.0 Å². The number of carbonyl (C=O) groups is 1. The molecule has 3 aromatic rings. The Bertz CT molecular complexity index is 1210. The Morgan fingerprint density at radius 2 is 1.87 bits per heavy atom. The Balaban J connectivity index is 2.07. The molecule has 156 valence electrons. The molecule has 0 aliphatic heterocycles. The van der Waals surface area contributed by atoms with Crippen LogP contribution in [0.2, 0.25) is 5.02 Å². The van der Waals surface area contributed by atoms with Crippen molar-refractivity contribution in [3.63, 3.8) is 0 Å². The largest absolute Gasteiger partial charge is 0.433 e. The van der Waals surface area contributed by atoms with E-state index in [1.807, 2.05) is 0 Å². The summed E-state index contributed by atoms with van der Waals surface area (Å²) in [5.74, 6) is -1.50. The summed E-state index contributed by atoms with van der Waals surface area (Å²) >= 11 is 5.88. The number of aryl methyl sites for hydroxylation is 2. The van der Waals surface area contributed by atoms with Crippen LogP contribution in [0.15, 0.2) is 47.3 Å². The number of anilines is 1. The normalized spacial score (nSPS) is 11.4. The van der Waals surface area contributed by atoms with Crippen molar-refractivity contribution in [3.8, 4) is 11.3 Å². The van der Waals surface area contributed by atoms with Gasteiger partial charge in [0.15, 0.2) is 0 Å². The summed E-state index contributed by atoms with van der Waals surface area (Å²) < 4.78 is 53.9. The van der Waals surface area contributed by atoms with E-state index in [-0.39, 0.29) is 16.7 Å². The number of aromatic nitrogens is 2. The summed E-state index contributed by atoms with van der Waals surface area (Å²) in [5, 5.41) is 6.58. The number of halogens is 5. The number of carbonyl (C=O) groups excluding carboxylic acids is 1. The van der Waals surface area contributed by atoms with Crippen LogP contribution in [-0.4, -0.2) is 15.7 Å². The zero-order valence-electron chi connectivity index (χ0n) is 15.6. The van der Waals surface area contributed by atoms with Gasteiger partial charge in [-0.1, -0.05) is 17.7 Å². The number of nitrogens with zero attached hydrogens (tertiary/aromatic N) is 2. The van der Waals surface area contributed by atoms with Crippen LogP contribution < -0.4 is 10.7 Å². The lowest BCUT2D eigenvalue weighted by Gasteiger charge is -2.14. The maximum Gasteiger partial charge on any atom is 0.433 e. The quantitative estimate of drug-likeness (QED) is 0.595. The molecule has 1 aromatic heterocycles. The van der Waals surface area contributed by atoms with Crippen molar-refractivity contribution in [3.05, 3.63) is 80.3 Å². The summed E-state index contributed by atoms with van der Waals surface area (Å²) in [6, 6.07) is 8.78. The minimum absolute atomic E-state index is 0.0233. The molecule has 3 rings (SSSR count). The molecule has 0 fully saturated rings. The van der Waals surface area contributed by atoms with Crippen LogP contribution in [-0.2, 0) is 13.2 Å². The van der Waals surface area contributed by atoms with Crippen LogP contribution in [0.1, 0.15) is 21.6 Å². The number of benzene rings is 2. The van der Waals surface area contributed by atoms with Gasteiger partial charge in [-0.15, -0.1) is 0 Å². The highest BCUT2D eigenvalue weighted by molar-refractivity contribution is 6.31. The van der Waals surface area contributed by atoms with E-state index in [9.17, 15) is 27.2 Å². The standard InChI is InChI=1S/C20H14ClF4N3O2/c1-10-6-15(22)14(18-16(29)9-17(20(23,24)25)28(2)27-18)8-13(10)19(30)26-12-5-3-4-11(21)7-12/h3-9H,1-2H3,(H,26,30). The second kappa shape index (κ2) is 7.91. The fourth-order valence-corrected chi connectivity index (χ4v) is 3.04. The Hall–Kier alpha value is -3.20. The van der Waals surface area contributed by atoms with Gasteiger partial charge >= 0.3 is 6.18 Å². The van der Waals surface area contributed by atoms with Gasteiger partial charge in [0.1, 0.15) is 17.2 Å². The third-order valence-corrected chi connectivity index (χ3v) is 4.52. The molecule has 0 bridgehead atoms. The Morgan fingerprint density at radius 1 is 1.17 bits per heavy atom. The van der Waals surface area contributed by atoms with Gasteiger partial charge in [0.25, 0.3) is 5.91 Å². The summed E-state index contributed by atoms with van der Waals surface area (Å²) in [6.45, 7) is 1.48. The van der Waals surface area contributed by atoms with E-state index in [2.05, 4.69) is 10.4 Å². The number of nitrogens with one attached hydrogen (secondary N) is 1. The van der Waals surface area contributed by atoms with Crippen molar-refractivity contribution in [2.45, 2.75) is 13.1 Å². The van der Waals surface area contributed by atoms with E-state index in [0.29, 0.717) is 21.5 Å². The summed E-state index contributed by atoms with van der Waals surface area (Å²) in [6.07, 6.45) is -4.80. The molecule has 10 heteroatoms. The van der Waals surface area contributed by atoms with Crippen molar-refractivity contribution in [1.82, 2.24) is 9.78 Å². The van der Waals surface area contributed by atoms with Crippen LogP contribution >= 0.6 is 11.6 Å². The zero-order valence-corrected chi connectivity index (χ0v) is 16.4. The molecule has 1 N–H and O–H groups in total. The van der Waals surface area contributed by atoms with Gasteiger partial charge in [-0.25, -0.2) is 4.39 Å². The molecule has 30 heavy (non-hydrogen) atoms. The van der Waals surface area contributed by atoms with E-state index < -0.39 is 34.7 Å². The van der Waals surface area contributed by atoms with Crippen molar-refractivity contribution < 1.29 is 22.4 Å². The molecule has 1 amide bonds. The number of rotatable bonds is 3. The Labute approximate surface area is 172 Å². The molecule has 2 aromatic carbocycles. The van der Waals surface area contributed by atoms with Gasteiger partial charge < -0.3 is 5.32 Å². The molecule has 0 aliphatic carbocycles. The first-order chi connectivity index (χ1) is 14.0. The third kappa shape index (κ3) is 4.35. The minimum atomic E-state index is -4.80. The molecule has 0 radical (unpaired) electrons. The zero-order chi connectivity index (χ0) is 22.2.